The van der Waals surface area contributed by atoms with Gasteiger partial charge in [-0.1, -0.05) is 44.4 Å². The maximum Gasteiger partial charge on any atom is 0.142 e. The summed E-state index contributed by atoms with van der Waals surface area (Å²) in [5, 5.41) is 3.31. The Balaban J connectivity index is 1.89. The van der Waals surface area contributed by atoms with Gasteiger partial charge in [0.05, 0.1) is 5.92 Å². The Labute approximate surface area is 103 Å². The van der Waals surface area contributed by atoms with Gasteiger partial charge in [-0.05, 0) is 18.1 Å². The molecule has 0 aromatic heterocycles. The molecule has 2 rings (SSSR count). The Morgan fingerprint density at radius 3 is 2.94 bits per heavy atom. The maximum atomic E-state index is 12.1. The summed E-state index contributed by atoms with van der Waals surface area (Å²) in [5.41, 5.74) is 2.33. The molecule has 0 spiro atoms. The summed E-state index contributed by atoms with van der Waals surface area (Å²) in [4.78, 5) is 12.1. The lowest BCUT2D eigenvalue weighted by atomic mass is 9.93. The second kappa shape index (κ2) is 5.85. The predicted octanol–water partition coefficient (Wildman–Crippen LogP) is 3.74. The Morgan fingerprint density at radius 2 is 2.12 bits per heavy atom. The number of fused-ring (bicyclic) bond motifs is 1. The molecular weight excluding hydrogens is 210 g/mol. The first-order valence-corrected chi connectivity index (χ1v) is 6.68. The third kappa shape index (κ3) is 2.87. The topological polar surface area (TPSA) is 29.1 Å². The molecule has 1 aliphatic heterocycles. The minimum Gasteiger partial charge on any atom is -0.384 e. The quantitative estimate of drug-likeness (QED) is 0.756. The van der Waals surface area contributed by atoms with Crippen LogP contribution in [0.5, 0.6) is 0 Å². The van der Waals surface area contributed by atoms with Gasteiger partial charge >= 0.3 is 0 Å². The number of Topliss-reactive ketones (excluding diaryl/α,β-unsaturated/α-hetero) is 1. The van der Waals surface area contributed by atoms with E-state index in [-0.39, 0.29) is 5.92 Å². The van der Waals surface area contributed by atoms with Gasteiger partial charge in [0.2, 0.25) is 0 Å². The SMILES string of the molecule is CCCCCCC(=O)C1CNc2ccccc21. The second-order valence-electron chi connectivity index (χ2n) is 4.80. The van der Waals surface area contributed by atoms with Crippen molar-refractivity contribution in [3.8, 4) is 0 Å². The van der Waals surface area contributed by atoms with Crippen molar-refractivity contribution in [2.24, 2.45) is 0 Å². The molecule has 1 N–H and O–H groups in total. The molecule has 1 atom stereocenters. The fourth-order valence-electron chi connectivity index (χ4n) is 2.47. The first-order valence-electron chi connectivity index (χ1n) is 6.68. The van der Waals surface area contributed by atoms with E-state index in [2.05, 4.69) is 24.4 Å². The number of carbonyl (C=O) groups is 1. The third-order valence-electron chi connectivity index (χ3n) is 3.50. The van der Waals surface area contributed by atoms with Gasteiger partial charge in [0, 0.05) is 18.7 Å². The number of rotatable bonds is 6. The van der Waals surface area contributed by atoms with Crippen molar-refractivity contribution < 1.29 is 4.79 Å². The van der Waals surface area contributed by atoms with E-state index in [0.29, 0.717) is 5.78 Å². The highest BCUT2D eigenvalue weighted by Gasteiger charge is 2.27. The zero-order valence-electron chi connectivity index (χ0n) is 10.5. The standard InChI is InChI=1S/C15H21NO/c1-2-3-4-5-10-15(17)13-11-16-14-9-7-6-8-12(13)14/h6-9,13,16H,2-5,10-11H2,1H3. The zero-order valence-corrected chi connectivity index (χ0v) is 10.5. The molecule has 0 fully saturated rings. The van der Waals surface area contributed by atoms with Gasteiger partial charge in [-0.2, -0.15) is 0 Å². The van der Waals surface area contributed by atoms with Crippen LogP contribution in [0.1, 0.15) is 50.5 Å². The van der Waals surface area contributed by atoms with Crippen LogP contribution in [0.3, 0.4) is 0 Å². The highest BCUT2D eigenvalue weighted by molar-refractivity contribution is 5.89. The summed E-state index contributed by atoms with van der Waals surface area (Å²) in [7, 11) is 0. The summed E-state index contributed by atoms with van der Waals surface area (Å²) >= 11 is 0. The van der Waals surface area contributed by atoms with Crippen LogP contribution in [0.4, 0.5) is 5.69 Å². The van der Waals surface area contributed by atoms with E-state index in [9.17, 15) is 4.79 Å². The van der Waals surface area contributed by atoms with E-state index in [1.54, 1.807) is 0 Å². The Morgan fingerprint density at radius 1 is 1.29 bits per heavy atom. The molecule has 0 saturated carbocycles. The first-order chi connectivity index (χ1) is 8.33. The smallest absolute Gasteiger partial charge is 0.142 e. The summed E-state index contributed by atoms with van der Waals surface area (Å²) in [6.07, 6.45) is 5.44. The van der Waals surface area contributed by atoms with Crippen molar-refractivity contribution in [3.05, 3.63) is 29.8 Å². The van der Waals surface area contributed by atoms with E-state index >= 15 is 0 Å². The Kier molecular flexibility index (Phi) is 4.18. The molecule has 0 radical (unpaired) electrons. The van der Waals surface area contributed by atoms with Crippen molar-refractivity contribution >= 4 is 11.5 Å². The lowest BCUT2D eigenvalue weighted by molar-refractivity contribution is -0.120. The van der Waals surface area contributed by atoms with Crippen molar-refractivity contribution in [1.29, 1.82) is 0 Å². The highest BCUT2D eigenvalue weighted by Crippen LogP contribution is 2.32. The predicted molar refractivity (Wildman–Crippen MR) is 71.4 cm³/mol. The summed E-state index contributed by atoms with van der Waals surface area (Å²) in [5.74, 6) is 0.492. The van der Waals surface area contributed by atoms with E-state index in [1.807, 2.05) is 12.1 Å². The van der Waals surface area contributed by atoms with Gasteiger partial charge in [-0.15, -0.1) is 0 Å². The van der Waals surface area contributed by atoms with Crippen LogP contribution >= 0.6 is 0 Å². The van der Waals surface area contributed by atoms with Crippen LogP contribution in [0.25, 0.3) is 0 Å². The molecule has 1 aromatic rings. The van der Waals surface area contributed by atoms with Crippen LogP contribution < -0.4 is 5.32 Å². The van der Waals surface area contributed by atoms with Crippen molar-refractivity contribution in [1.82, 2.24) is 0 Å². The number of para-hydroxylation sites is 1. The number of hydrogen-bond acceptors (Lipinski definition) is 2. The number of anilines is 1. The van der Waals surface area contributed by atoms with Crippen LogP contribution in [0.15, 0.2) is 24.3 Å². The van der Waals surface area contributed by atoms with Gasteiger partial charge in [0.15, 0.2) is 0 Å². The van der Waals surface area contributed by atoms with Crippen LogP contribution in [0, 0.1) is 0 Å². The molecule has 17 heavy (non-hydrogen) atoms. The third-order valence-corrected chi connectivity index (χ3v) is 3.50. The summed E-state index contributed by atoms with van der Waals surface area (Å²) < 4.78 is 0. The van der Waals surface area contributed by atoms with Crippen molar-refractivity contribution in [2.75, 3.05) is 11.9 Å². The first kappa shape index (κ1) is 12.2. The molecule has 0 amide bonds. The fourth-order valence-corrected chi connectivity index (χ4v) is 2.47. The minimum atomic E-state index is 0.0906. The number of unbranched alkanes of at least 4 members (excludes halogenated alkanes) is 3. The van der Waals surface area contributed by atoms with E-state index in [1.165, 1.54) is 24.8 Å². The average Bonchev–Trinajstić information content (AvgIpc) is 2.78. The number of hydrogen-bond donors (Lipinski definition) is 1. The van der Waals surface area contributed by atoms with Gasteiger partial charge in [-0.25, -0.2) is 0 Å². The highest BCUT2D eigenvalue weighted by atomic mass is 16.1. The number of carbonyl (C=O) groups excluding carboxylic acids is 1. The van der Waals surface area contributed by atoms with Crippen molar-refractivity contribution in [2.45, 2.75) is 44.9 Å². The molecule has 0 bridgehead atoms. The zero-order chi connectivity index (χ0) is 12.1. The molecule has 1 aliphatic rings. The second-order valence-corrected chi connectivity index (χ2v) is 4.80. The molecular formula is C15H21NO. The normalized spacial score (nSPS) is 17.6. The van der Waals surface area contributed by atoms with E-state index < -0.39 is 0 Å². The van der Waals surface area contributed by atoms with Gasteiger partial charge in [0.1, 0.15) is 5.78 Å². The lowest BCUT2D eigenvalue weighted by Gasteiger charge is -2.08. The number of nitrogens with one attached hydrogen (secondary N) is 1. The Bertz CT molecular complexity index is 386. The number of benzene rings is 1. The molecule has 2 heteroatoms. The monoisotopic (exact) mass is 231 g/mol. The molecule has 0 aliphatic carbocycles. The summed E-state index contributed by atoms with van der Waals surface area (Å²) in [6.45, 7) is 2.98. The summed E-state index contributed by atoms with van der Waals surface area (Å²) in [6, 6.07) is 8.16. The van der Waals surface area contributed by atoms with Crippen LogP contribution in [-0.4, -0.2) is 12.3 Å². The van der Waals surface area contributed by atoms with E-state index in [0.717, 1.165) is 25.1 Å². The van der Waals surface area contributed by atoms with Crippen molar-refractivity contribution in [3.63, 3.8) is 0 Å². The maximum absolute atomic E-state index is 12.1. The fraction of sp³-hybridized carbons (Fsp3) is 0.533. The van der Waals surface area contributed by atoms with E-state index in [4.69, 9.17) is 0 Å². The lowest BCUT2D eigenvalue weighted by Crippen LogP contribution is -2.14. The van der Waals surface area contributed by atoms with Gasteiger partial charge in [0.25, 0.3) is 0 Å². The molecule has 1 unspecified atom stereocenters. The molecule has 1 heterocycles. The molecule has 2 nitrogen and oxygen atoms in total. The molecule has 92 valence electrons. The minimum absolute atomic E-state index is 0.0906. The van der Waals surface area contributed by atoms with Crippen LogP contribution in [-0.2, 0) is 4.79 Å². The van der Waals surface area contributed by atoms with Gasteiger partial charge in [-0.3, -0.25) is 4.79 Å². The average molecular weight is 231 g/mol. The Hall–Kier alpha value is -1.31. The van der Waals surface area contributed by atoms with Crippen LogP contribution in [0.2, 0.25) is 0 Å². The molecule has 1 aromatic carbocycles. The largest absolute Gasteiger partial charge is 0.384 e. The number of ketones is 1. The van der Waals surface area contributed by atoms with Gasteiger partial charge < -0.3 is 5.32 Å². The molecule has 0 saturated heterocycles.